The number of hydrogen-bond acceptors (Lipinski definition) is 6. The number of nitrogens with one attached hydrogen (secondary N) is 1. The maximum atomic E-state index is 5.36. The number of aliphatic imine (C=N–C) groups is 1. The molecule has 134 valence electrons. The van der Waals surface area contributed by atoms with Gasteiger partial charge in [0, 0.05) is 25.2 Å². The fourth-order valence-corrected chi connectivity index (χ4v) is 2.72. The lowest BCUT2D eigenvalue weighted by atomic mass is 10.1. The molecule has 1 atom stereocenters. The predicted molar refractivity (Wildman–Crippen MR) is 102 cm³/mol. The zero-order chi connectivity index (χ0) is 18.2. The zero-order valence-corrected chi connectivity index (χ0v) is 15.2. The van der Waals surface area contributed by atoms with Crippen LogP contribution in [0.2, 0.25) is 0 Å². The molecule has 6 nitrogen and oxygen atoms in total. The van der Waals surface area contributed by atoms with E-state index in [0.29, 0.717) is 23.3 Å². The third kappa shape index (κ3) is 4.87. The molecule has 0 aliphatic carbocycles. The van der Waals surface area contributed by atoms with Gasteiger partial charge in [0.2, 0.25) is 11.7 Å². The number of pyridine rings is 1. The first-order valence-electron chi connectivity index (χ1n) is 8.93. The molecule has 1 N–H and O–H groups in total. The summed E-state index contributed by atoms with van der Waals surface area (Å²) in [5.41, 5.74) is 2.26. The second-order valence-corrected chi connectivity index (χ2v) is 6.18. The highest BCUT2D eigenvalue weighted by atomic mass is 16.5. The van der Waals surface area contributed by atoms with Gasteiger partial charge in [-0.1, -0.05) is 24.1 Å². The molecule has 2 aromatic rings. The quantitative estimate of drug-likeness (QED) is 0.663. The number of nitrogens with zero attached hydrogens (tertiary/aromatic N) is 4. The molecule has 26 heavy (non-hydrogen) atoms. The lowest BCUT2D eigenvalue weighted by molar-refractivity contribution is 0.358. The summed E-state index contributed by atoms with van der Waals surface area (Å²) in [6, 6.07) is 3.77. The molecule has 0 spiro atoms. The van der Waals surface area contributed by atoms with Crippen molar-refractivity contribution < 1.29 is 4.52 Å². The van der Waals surface area contributed by atoms with Crippen molar-refractivity contribution in [3.8, 4) is 23.4 Å². The van der Waals surface area contributed by atoms with Gasteiger partial charge in [0.15, 0.2) is 0 Å². The standard InChI is InChI=1S/C20H23N5O/c1-3-4-5-17(21-2)8-6-15-7-9-18(23-14-15)20-24-19(26-25-20)12-16-10-11-22-13-16/h4-5,7,9,14,16,22H,3,10-13H2,1-2H3/b5-4-,21-17?. The number of hydrogen-bond donors (Lipinski definition) is 1. The molecule has 6 heteroatoms. The molecular weight excluding hydrogens is 326 g/mol. The molecule has 0 saturated carbocycles. The summed E-state index contributed by atoms with van der Waals surface area (Å²) < 4.78 is 5.36. The van der Waals surface area contributed by atoms with Crippen molar-refractivity contribution in [2.45, 2.75) is 26.2 Å². The largest absolute Gasteiger partial charge is 0.339 e. The average molecular weight is 349 g/mol. The fourth-order valence-electron chi connectivity index (χ4n) is 2.72. The van der Waals surface area contributed by atoms with Crippen molar-refractivity contribution in [2.75, 3.05) is 20.1 Å². The molecule has 3 rings (SSSR count). The average Bonchev–Trinajstić information content (AvgIpc) is 3.35. The van der Waals surface area contributed by atoms with E-state index in [1.807, 2.05) is 24.3 Å². The van der Waals surface area contributed by atoms with Gasteiger partial charge in [-0.25, -0.2) is 0 Å². The Kier molecular flexibility index (Phi) is 6.29. The predicted octanol–water partition coefficient (Wildman–Crippen LogP) is 2.67. The fraction of sp³-hybridized carbons (Fsp3) is 0.400. The van der Waals surface area contributed by atoms with E-state index in [1.54, 1.807) is 13.2 Å². The Bertz CT molecular complexity index is 833. The van der Waals surface area contributed by atoms with Crippen LogP contribution in [0.25, 0.3) is 11.5 Å². The summed E-state index contributed by atoms with van der Waals surface area (Å²) in [5.74, 6) is 7.88. The van der Waals surface area contributed by atoms with E-state index in [1.165, 1.54) is 0 Å². The van der Waals surface area contributed by atoms with Crippen LogP contribution in [-0.4, -0.2) is 41.0 Å². The summed E-state index contributed by atoms with van der Waals surface area (Å²) >= 11 is 0. The second-order valence-electron chi connectivity index (χ2n) is 6.18. The SMILES string of the molecule is CC/C=C\C(C#Cc1ccc(-c2noc(CC3CCNC3)n2)nc1)=NC. The van der Waals surface area contributed by atoms with Crippen LogP contribution < -0.4 is 5.32 Å². The third-order valence-corrected chi connectivity index (χ3v) is 4.17. The van der Waals surface area contributed by atoms with Crippen LogP contribution in [0.1, 0.15) is 31.2 Å². The lowest BCUT2D eigenvalue weighted by Crippen LogP contribution is -2.10. The van der Waals surface area contributed by atoms with Crippen molar-refractivity contribution in [3.63, 3.8) is 0 Å². The van der Waals surface area contributed by atoms with Gasteiger partial charge in [-0.3, -0.25) is 9.98 Å². The van der Waals surface area contributed by atoms with Gasteiger partial charge in [-0.15, -0.1) is 0 Å². The Labute approximate surface area is 153 Å². The maximum Gasteiger partial charge on any atom is 0.227 e. The van der Waals surface area contributed by atoms with Crippen LogP contribution in [0, 0.1) is 17.8 Å². The van der Waals surface area contributed by atoms with E-state index in [2.05, 4.69) is 44.2 Å². The van der Waals surface area contributed by atoms with Crippen molar-refractivity contribution in [3.05, 3.63) is 41.9 Å². The zero-order valence-electron chi connectivity index (χ0n) is 15.2. The van der Waals surface area contributed by atoms with Gasteiger partial charge in [0.05, 0.1) is 0 Å². The van der Waals surface area contributed by atoms with Crippen LogP contribution in [0.5, 0.6) is 0 Å². The minimum absolute atomic E-state index is 0.521. The first kappa shape index (κ1) is 18.0. The Morgan fingerprint density at radius 2 is 2.38 bits per heavy atom. The Hall–Kier alpha value is -2.78. The molecule has 0 aromatic carbocycles. The number of allylic oxidation sites excluding steroid dienone is 2. The van der Waals surface area contributed by atoms with Crippen molar-refractivity contribution >= 4 is 5.71 Å². The highest BCUT2D eigenvalue weighted by molar-refractivity contribution is 6.08. The first-order chi connectivity index (χ1) is 12.8. The van der Waals surface area contributed by atoms with E-state index in [0.717, 1.165) is 43.6 Å². The molecule has 1 saturated heterocycles. The molecule has 1 aliphatic rings. The van der Waals surface area contributed by atoms with Crippen LogP contribution in [0.3, 0.4) is 0 Å². The number of rotatable bonds is 5. The van der Waals surface area contributed by atoms with E-state index >= 15 is 0 Å². The van der Waals surface area contributed by atoms with Gasteiger partial charge >= 0.3 is 0 Å². The Balaban J connectivity index is 1.66. The maximum absolute atomic E-state index is 5.36. The first-order valence-corrected chi connectivity index (χ1v) is 8.93. The summed E-state index contributed by atoms with van der Waals surface area (Å²) in [4.78, 5) is 13.0. The molecule has 2 aromatic heterocycles. The van der Waals surface area contributed by atoms with Crippen molar-refractivity contribution in [1.82, 2.24) is 20.4 Å². The lowest BCUT2D eigenvalue weighted by Gasteiger charge is -2.01. The molecule has 1 unspecified atom stereocenters. The molecule has 1 aliphatic heterocycles. The van der Waals surface area contributed by atoms with E-state index < -0.39 is 0 Å². The van der Waals surface area contributed by atoms with Crippen LogP contribution in [-0.2, 0) is 6.42 Å². The highest BCUT2D eigenvalue weighted by Gasteiger charge is 2.19. The van der Waals surface area contributed by atoms with Crippen molar-refractivity contribution in [2.24, 2.45) is 10.9 Å². The van der Waals surface area contributed by atoms with Crippen molar-refractivity contribution in [1.29, 1.82) is 0 Å². The van der Waals surface area contributed by atoms with Gasteiger partial charge in [0.25, 0.3) is 0 Å². The number of aromatic nitrogens is 3. The molecule has 0 amide bonds. The minimum atomic E-state index is 0.521. The molecular formula is C20H23N5O. The smallest absolute Gasteiger partial charge is 0.227 e. The second kappa shape index (κ2) is 9.07. The molecule has 0 bridgehead atoms. The van der Waals surface area contributed by atoms with Gasteiger partial charge < -0.3 is 9.84 Å². The van der Waals surface area contributed by atoms with Crippen LogP contribution in [0.15, 0.2) is 40.0 Å². The van der Waals surface area contributed by atoms with Crippen LogP contribution in [0.4, 0.5) is 0 Å². The summed E-state index contributed by atoms with van der Waals surface area (Å²) in [5, 5.41) is 7.39. The normalized spacial score (nSPS) is 17.5. The molecule has 0 radical (unpaired) electrons. The van der Waals surface area contributed by atoms with E-state index in [9.17, 15) is 0 Å². The summed E-state index contributed by atoms with van der Waals surface area (Å²) in [6.07, 6.45) is 8.61. The highest BCUT2D eigenvalue weighted by Crippen LogP contribution is 2.17. The van der Waals surface area contributed by atoms with Gasteiger partial charge in [-0.05, 0) is 56.0 Å². The van der Waals surface area contributed by atoms with E-state index in [-0.39, 0.29) is 0 Å². The Morgan fingerprint density at radius 3 is 3.08 bits per heavy atom. The molecule has 1 fully saturated rings. The topological polar surface area (TPSA) is 76.2 Å². The van der Waals surface area contributed by atoms with Crippen LogP contribution >= 0.6 is 0 Å². The third-order valence-electron chi connectivity index (χ3n) is 4.17. The van der Waals surface area contributed by atoms with Gasteiger partial charge in [0.1, 0.15) is 11.4 Å². The van der Waals surface area contributed by atoms with Gasteiger partial charge in [-0.2, -0.15) is 4.98 Å². The van der Waals surface area contributed by atoms with E-state index in [4.69, 9.17) is 4.52 Å². The minimum Gasteiger partial charge on any atom is -0.339 e. The molecule has 3 heterocycles. The summed E-state index contributed by atoms with van der Waals surface area (Å²) in [6.45, 7) is 4.15. The monoisotopic (exact) mass is 349 g/mol. The Morgan fingerprint density at radius 1 is 1.46 bits per heavy atom. The summed E-state index contributed by atoms with van der Waals surface area (Å²) in [7, 11) is 1.74.